The number of benzene rings is 2. The van der Waals surface area contributed by atoms with Gasteiger partial charge in [0.25, 0.3) is 11.1 Å². The second kappa shape index (κ2) is 9.08. The number of rotatable bonds is 4. The summed E-state index contributed by atoms with van der Waals surface area (Å²) in [5.74, 6) is -0.281. The molecule has 0 spiro atoms. The van der Waals surface area contributed by atoms with E-state index in [0.717, 1.165) is 59.1 Å². The van der Waals surface area contributed by atoms with Crippen molar-refractivity contribution in [2.45, 2.75) is 25.8 Å². The smallest absolute Gasteiger partial charge is 0.298 e. The van der Waals surface area contributed by atoms with Crippen LogP contribution in [0, 0.1) is 0 Å². The number of likely N-dealkylation sites (tertiary alicyclic amines) is 1. The van der Waals surface area contributed by atoms with Crippen molar-refractivity contribution in [1.82, 2.24) is 9.47 Å². The first-order chi connectivity index (χ1) is 16.0. The summed E-state index contributed by atoms with van der Waals surface area (Å²) in [6.45, 7) is 1.86. The fourth-order valence-electron chi connectivity index (χ4n) is 4.36. The van der Waals surface area contributed by atoms with Crippen molar-refractivity contribution < 1.29 is 14.4 Å². The number of amides is 3. The zero-order valence-electron chi connectivity index (χ0n) is 17.9. The van der Waals surface area contributed by atoms with Gasteiger partial charge in [0.05, 0.1) is 10.6 Å². The molecule has 2 saturated heterocycles. The lowest BCUT2D eigenvalue weighted by atomic mass is 10.1. The average molecular weight is 480 g/mol. The summed E-state index contributed by atoms with van der Waals surface area (Å²) in [6, 6.07) is 14.5. The Morgan fingerprint density at radius 3 is 2.61 bits per heavy atom. The van der Waals surface area contributed by atoms with Crippen LogP contribution in [0.15, 0.2) is 59.6 Å². The van der Waals surface area contributed by atoms with Crippen molar-refractivity contribution in [1.29, 1.82) is 0 Å². The molecule has 3 aromatic rings. The molecule has 0 radical (unpaired) electrons. The molecule has 2 aliphatic heterocycles. The Bertz CT molecular complexity index is 1290. The summed E-state index contributed by atoms with van der Waals surface area (Å²) in [5.41, 5.74) is 2.17. The lowest BCUT2D eigenvalue weighted by molar-refractivity contribution is -0.132. The highest BCUT2D eigenvalue weighted by molar-refractivity contribution is 8.19. The van der Waals surface area contributed by atoms with Gasteiger partial charge in [-0.05, 0) is 61.4 Å². The van der Waals surface area contributed by atoms with E-state index in [-0.39, 0.29) is 23.6 Å². The van der Waals surface area contributed by atoms with Gasteiger partial charge in [-0.1, -0.05) is 35.9 Å². The first kappa shape index (κ1) is 21.8. The van der Waals surface area contributed by atoms with Gasteiger partial charge in [-0.2, -0.15) is 0 Å². The normalized spacial score (nSPS) is 18.0. The van der Waals surface area contributed by atoms with E-state index >= 15 is 0 Å². The topological polar surface area (TPSA) is 62.6 Å². The Labute approximate surface area is 200 Å². The maximum atomic E-state index is 13.1. The van der Waals surface area contributed by atoms with E-state index in [4.69, 9.17) is 11.6 Å². The molecule has 2 fully saturated rings. The van der Waals surface area contributed by atoms with E-state index in [0.29, 0.717) is 15.6 Å². The van der Waals surface area contributed by atoms with E-state index in [9.17, 15) is 14.4 Å². The number of hydrogen-bond donors (Lipinski definition) is 0. The lowest BCUT2D eigenvalue weighted by Gasteiger charge is -2.27. The molecule has 5 rings (SSSR count). The average Bonchev–Trinajstić information content (AvgIpc) is 3.30. The summed E-state index contributed by atoms with van der Waals surface area (Å²) >= 11 is 6.95. The summed E-state index contributed by atoms with van der Waals surface area (Å²) in [5, 5.41) is 1.02. The Balaban J connectivity index is 1.46. The summed E-state index contributed by atoms with van der Waals surface area (Å²) in [4.78, 5) is 41.9. The van der Waals surface area contributed by atoms with Crippen LogP contribution in [-0.4, -0.2) is 39.6 Å². The largest absolute Gasteiger partial charge is 0.341 e. The van der Waals surface area contributed by atoms with E-state index in [1.165, 1.54) is 6.42 Å². The Kier molecular flexibility index (Phi) is 6.00. The number of carbonyl (C=O) groups excluding carboxylic acids is 3. The first-order valence-corrected chi connectivity index (χ1v) is 12.1. The monoisotopic (exact) mass is 479 g/mol. The molecular weight excluding hydrogens is 458 g/mol. The summed E-state index contributed by atoms with van der Waals surface area (Å²) in [7, 11) is 0. The molecule has 0 aliphatic carbocycles. The second-order valence-electron chi connectivity index (χ2n) is 8.17. The number of hydrogen-bond acceptors (Lipinski definition) is 4. The molecule has 3 amide bonds. The van der Waals surface area contributed by atoms with Crippen molar-refractivity contribution in [3.8, 4) is 0 Å². The molecule has 3 heterocycles. The van der Waals surface area contributed by atoms with Crippen molar-refractivity contribution in [3.63, 3.8) is 0 Å². The van der Waals surface area contributed by atoms with Crippen molar-refractivity contribution in [3.05, 3.63) is 70.2 Å². The molecule has 0 bridgehead atoms. The van der Waals surface area contributed by atoms with E-state index in [1.807, 2.05) is 39.9 Å². The van der Waals surface area contributed by atoms with Crippen LogP contribution in [0.3, 0.4) is 0 Å². The molecule has 33 heavy (non-hydrogen) atoms. The quantitative estimate of drug-likeness (QED) is 0.460. The first-order valence-electron chi connectivity index (χ1n) is 10.9. The second-order valence-corrected chi connectivity index (χ2v) is 9.60. The van der Waals surface area contributed by atoms with Gasteiger partial charge in [0.1, 0.15) is 6.54 Å². The Morgan fingerprint density at radius 1 is 1.03 bits per heavy atom. The number of imide groups is 1. The predicted molar refractivity (Wildman–Crippen MR) is 132 cm³/mol. The molecule has 168 valence electrons. The SMILES string of the molecule is O=C(Cn1cc(C=C2SC(=O)N(c3cccc(Cl)c3)C2=O)c2ccccc21)N1CCCCC1. The molecular formula is C25H22ClN3O3S. The number of nitrogens with zero attached hydrogens (tertiary/aromatic N) is 3. The number of para-hydroxylation sites is 1. The number of piperidine rings is 1. The molecule has 6 nitrogen and oxygen atoms in total. The number of anilines is 1. The third-order valence-electron chi connectivity index (χ3n) is 5.98. The maximum Gasteiger partial charge on any atom is 0.298 e. The minimum absolute atomic E-state index is 0.100. The van der Waals surface area contributed by atoms with Crippen molar-refractivity contribution in [2.75, 3.05) is 18.0 Å². The van der Waals surface area contributed by atoms with Gasteiger partial charge in [-0.15, -0.1) is 0 Å². The van der Waals surface area contributed by atoms with Gasteiger partial charge < -0.3 is 9.47 Å². The van der Waals surface area contributed by atoms with E-state index in [1.54, 1.807) is 30.3 Å². The van der Waals surface area contributed by atoms with Gasteiger partial charge in [0.15, 0.2) is 0 Å². The van der Waals surface area contributed by atoms with Crippen LogP contribution in [0.25, 0.3) is 17.0 Å². The summed E-state index contributed by atoms with van der Waals surface area (Å²) in [6.07, 6.45) is 6.89. The molecule has 0 N–H and O–H groups in total. The highest BCUT2D eigenvalue weighted by Crippen LogP contribution is 2.37. The van der Waals surface area contributed by atoms with Crippen LogP contribution < -0.4 is 4.90 Å². The Morgan fingerprint density at radius 2 is 1.82 bits per heavy atom. The molecule has 0 unspecified atom stereocenters. The number of aromatic nitrogens is 1. The van der Waals surface area contributed by atoms with Crippen LogP contribution in [0.5, 0.6) is 0 Å². The third kappa shape index (κ3) is 4.30. The highest BCUT2D eigenvalue weighted by atomic mass is 35.5. The zero-order chi connectivity index (χ0) is 22.9. The number of thioether (sulfide) groups is 1. The minimum Gasteiger partial charge on any atom is -0.341 e. The van der Waals surface area contributed by atoms with Crippen LogP contribution in [0.1, 0.15) is 24.8 Å². The molecule has 0 saturated carbocycles. The number of fused-ring (bicyclic) bond motifs is 1. The maximum absolute atomic E-state index is 13.1. The van der Waals surface area contributed by atoms with Crippen LogP contribution in [-0.2, 0) is 16.1 Å². The molecule has 2 aromatic carbocycles. The van der Waals surface area contributed by atoms with Gasteiger partial charge in [0.2, 0.25) is 5.91 Å². The van der Waals surface area contributed by atoms with Crippen LogP contribution in [0.4, 0.5) is 10.5 Å². The fourth-order valence-corrected chi connectivity index (χ4v) is 5.37. The van der Waals surface area contributed by atoms with E-state index < -0.39 is 0 Å². The number of halogens is 1. The van der Waals surface area contributed by atoms with Gasteiger partial charge in [-0.3, -0.25) is 14.4 Å². The van der Waals surface area contributed by atoms with Crippen molar-refractivity contribution in [2.24, 2.45) is 0 Å². The summed E-state index contributed by atoms with van der Waals surface area (Å²) < 4.78 is 1.93. The molecule has 0 atom stereocenters. The fraction of sp³-hybridized carbons (Fsp3) is 0.240. The molecule has 2 aliphatic rings. The van der Waals surface area contributed by atoms with Crippen LogP contribution in [0.2, 0.25) is 5.02 Å². The van der Waals surface area contributed by atoms with Gasteiger partial charge >= 0.3 is 0 Å². The van der Waals surface area contributed by atoms with Gasteiger partial charge in [-0.25, -0.2) is 4.90 Å². The standard InChI is InChI=1S/C25H22ClN3O3S/c26-18-7-6-8-19(14-18)29-24(31)22(33-25(29)32)13-17-15-28(21-10-3-2-9-20(17)21)16-23(30)27-11-4-1-5-12-27/h2-3,6-10,13-15H,1,4-5,11-12,16H2. The highest BCUT2D eigenvalue weighted by Gasteiger charge is 2.36. The minimum atomic E-state index is -0.381. The molecule has 8 heteroatoms. The lowest BCUT2D eigenvalue weighted by Crippen LogP contribution is -2.37. The predicted octanol–water partition coefficient (Wildman–Crippen LogP) is 5.55. The van der Waals surface area contributed by atoms with E-state index in [2.05, 4.69) is 0 Å². The Hall–Kier alpha value is -3.03. The third-order valence-corrected chi connectivity index (χ3v) is 7.09. The van der Waals surface area contributed by atoms with Crippen molar-refractivity contribution >= 4 is 63.1 Å². The number of carbonyl (C=O) groups is 3. The molecule has 1 aromatic heterocycles. The van der Waals surface area contributed by atoms with Crippen LogP contribution >= 0.6 is 23.4 Å². The van der Waals surface area contributed by atoms with Gasteiger partial charge in [0, 0.05) is 40.8 Å². The zero-order valence-corrected chi connectivity index (χ0v) is 19.4.